The molecule has 0 aromatic heterocycles. The lowest BCUT2D eigenvalue weighted by Gasteiger charge is -2.21. The molecule has 616 valence electrons. The molecule has 110 heavy (non-hydrogen) atoms. The van der Waals surface area contributed by atoms with Gasteiger partial charge in [0.05, 0.1) is 26.4 Å². The molecule has 5 unspecified atom stereocenters. The summed E-state index contributed by atoms with van der Waals surface area (Å²) in [5, 5.41) is 10.7. The molecule has 0 amide bonds. The van der Waals surface area contributed by atoms with Gasteiger partial charge in [-0.1, -0.05) is 284 Å². The van der Waals surface area contributed by atoms with E-state index < -0.39 is 97.5 Å². The van der Waals surface area contributed by atoms with E-state index in [0.717, 1.165) is 161 Å². The van der Waals surface area contributed by atoms with Gasteiger partial charge in [-0.05, 0) is 180 Å². The number of phosphoric ester groups is 2. The van der Waals surface area contributed by atoms with Crippen LogP contribution < -0.4 is 0 Å². The third-order valence-electron chi connectivity index (χ3n) is 15.6. The van der Waals surface area contributed by atoms with Crippen molar-refractivity contribution in [1.82, 2.24) is 0 Å². The Hall–Kier alpha value is -6.88. The Kier molecular flexibility index (Phi) is 75.2. The summed E-state index contributed by atoms with van der Waals surface area (Å²) in [5.41, 5.74) is 0. The van der Waals surface area contributed by atoms with Gasteiger partial charge >= 0.3 is 39.5 Å². The number of aliphatic hydroxyl groups is 1. The average molecular weight is 1570 g/mol. The van der Waals surface area contributed by atoms with Crippen LogP contribution in [0.2, 0.25) is 0 Å². The Balaban J connectivity index is 5.56. The molecule has 0 aromatic rings. The van der Waals surface area contributed by atoms with Crippen LogP contribution in [0, 0.1) is 0 Å². The van der Waals surface area contributed by atoms with E-state index in [2.05, 4.69) is 228 Å². The summed E-state index contributed by atoms with van der Waals surface area (Å²) < 4.78 is 68.5. The van der Waals surface area contributed by atoms with Crippen LogP contribution in [0.25, 0.3) is 0 Å². The van der Waals surface area contributed by atoms with Gasteiger partial charge in [-0.3, -0.25) is 37.3 Å². The number of phosphoric acid groups is 2. The smallest absolute Gasteiger partial charge is 0.462 e. The molecule has 0 spiro atoms. The van der Waals surface area contributed by atoms with Crippen LogP contribution in [0.15, 0.2) is 231 Å². The first-order chi connectivity index (χ1) is 53.7. The van der Waals surface area contributed by atoms with Crippen LogP contribution in [0.5, 0.6) is 0 Å². The fourth-order valence-corrected chi connectivity index (χ4v) is 11.2. The summed E-state index contributed by atoms with van der Waals surface area (Å²) in [5.74, 6) is -2.44. The van der Waals surface area contributed by atoms with E-state index in [0.29, 0.717) is 44.9 Å². The fourth-order valence-electron chi connectivity index (χ4n) is 9.61. The van der Waals surface area contributed by atoms with E-state index in [-0.39, 0.29) is 25.7 Å². The van der Waals surface area contributed by atoms with Crippen LogP contribution >= 0.6 is 15.6 Å². The molecule has 5 atom stereocenters. The van der Waals surface area contributed by atoms with Gasteiger partial charge < -0.3 is 33.8 Å². The standard InChI is InChI=1S/C91H140O17P2/c1-5-9-13-17-21-25-29-33-37-40-42-45-48-51-55-59-63-67-71-75-88(93)101-81-86(107-90(95)77-73-69-65-61-57-53-47-36-32-28-24-20-16-12-8-4)83-105-109(97,98)103-79-85(92)80-104-110(99,100)106-84-87(108-91(96)78-74-70-66-62-58-54-50-44-39-35-31-27-23-19-15-11-7-3)82-102-89(94)76-72-68-64-60-56-52-49-46-43-41-38-34-30-26-22-18-14-10-6-2/h9-16,21-28,33-39,42-43,45-47,50,52,54,56-57,61-62,64,66,68,85-87,92H,5-8,17-20,29-32,40-41,44,48-49,51,53,55,58-60,63,65,67,69-84H2,1-4H3,(H,97,98)(H,99,100)/b13-9-,14-10-,15-11-,16-12-,25-21-,26-22-,27-23-,28-24-,37-33-,38-34-,39-35-,45-42-,46-43-,47-36-,54-50-,56-52-,61-57-,66-62-,68-64-. The van der Waals surface area contributed by atoms with Crippen molar-refractivity contribution in [3.8, 4) is 0 Å². The van der Waals surface area contributed by atoms with Gasteiger partial charge in [0.2, 0.25) is 0 Å². The summed E-state index contributed by atoms with van der Waals surface area (Å²) in [6, 6.07) is 0. The number of carbonyl (C=O) groups excluding carboxylic acids is 4. The van der Waals surface area contributed by atoms with Gasteiger partial charge in [0.1, 0.15) is 19.3 Å². The molecule has 0 bridgehead atoms. The van der Waals surface area contributed by atoms with Crippen molar-refractivity contribution in [3.05, 3.63) is 231 Å². The molecule has 3 N–H and O–H groups in total. The Labute approximate surface area is 664 Å². The van der Waals surface area contributed by atoms with Gasteiger partial charge in [0, 0.05) is 25.7 Å². The minimum Gasteiger partial charge on any atom is -0.462 e. The number of ether oxygens (including phenoxy) is 4. The SMILES string of the molecule is CC/C=C\C/C=C\C/C=C\C/C=C\C/C=C\C/C=C\CCC(=O)OCC(COP(=O)(O)OCC(O)COP(=O)(O)OCC(COC(=O)CCCCCCCC/C=C\C/C=C\C/C=C\C/C=C\CC)OC(=O)CCCC/C=C\C/C=C\C/C=C\C/C=C\CC)OC(=O)CCC/C=C\C/C=C\C/C=C\C/C=C\C/C=C\CC. The average Bonchev–Trinajstić information content (AvgIpc) is 0.906. The third kappa shape index (κ3) is 79.2. The molecule has 0 aromatic carbocycles. The lowest BCUT2D eigenvalue weighted by atomic mass is 10.1. The molecular weight excluding hydrogens is 1430 g/mol. The Morgan fingerprint density at radius 3 is 0.791 bits per heavy atom. The summed E-state index contributed by atoms with van der Waals surface area (Å²) in [7, 11) is -10.0. The predicted molar refractivity (Wildman–Crippen MR) is 454 cm³/mol. The van der Waals surface area contributed by atoms with Gasteiger partial charge in [-0.2, -0.15) is 0 Å². The number of allylic oxidation sites excluding steroid dienone is 38. The molecule has 0 fully saturated rings. The highest BCUT2D eigenvalue weighted by Crippen LogP contribution is 2.45. The van der Waals surface area contributed by atoms with Crippen molar-refractivity contribution < 1.29 is 80.2 Å². The first-order valence-electron chi connectivity index (χ1n) is 40.6. The Morgan fingerprint density at radius 2 is 0.473 bits per heavy atom. The normalized spacial score (nSPS) is 15.0. The van der Waals surface area contributed by atoms with Gasteiger partial charge in [0.25, 0.3) is 0 Å². The highest BCUT2D eigenvalue weighted by molar-refractivity contribution is 7.47. The number of esters is 4. The topological polar surface area (TPSA) is 237 Å². The number of unbranched alkanes of at least 4 members (excludes halogenated alkanes) is 9. The minimum absolute atomic E-state index is 0.0112. The quantitative estimate of drug-likeness (QED) is 0.0169. The summed E-state index contributed by atoms with van der Waals surface area (Å²) in [6.45, 7) is 4.16. The van der Waals surface area contributed by atoms with Crippen molar-refractivity contribution in [2.45, 2.75) is 277 Å². The van der Waals surface area contributed by atoms with Gasteiger partial charge in [-0.15, -0.1) is 0 Å². The van der Waals surface area contributed by atoms with Crippen molar-refractivity contribution in [2.75, 3.05) is 39.6 Å². The Bertz CT molecular complexity index is 3000. The van der Waals surface area contributed by atoms with Gasteiger partial charge in [-0.25, -0.2) is 9.13 Å². The van der Waals surface area contributed by atoms with Crippen molar-refractivity contribution in [3.63, 3.8) is 0 Å². The van der Waals surface area contributed by atoms with Crippen LogP contribution in [0.1, 0.15) is 259 Å². The monoisotopic (exact) mass is 1570 g/mol. The van der Waals surface area contributed by atoms with E-state index in [1.807, 2.05) is 30.4 Å². The maximum absolute atomic E-state index is 13.1. The molecule has 0 radical (unpaired) electrons. The van der Waals surface area contributed by atoms with E-state index in [1.54, 1.807) is 0 Å². The van der Waals surface area contributed by atoms with Crippen LogP contribution in [-0.4, -0.2) is 96.7 Å². The molecule has 0 aliphatic rings. The summed E-state index contributed by atoms with van der Waals surface area (Å²) in [4.78, 5) is 73.1. The largest absolute Gasteiger partial charge is 0.472 e. The van der Waals surface area contributed by atoms with E-state index in [4.69, 9.17) is 37.0 Å². The summed E-state index contributed by atoms with van der Waals surface area (Å²) >= 11 is 0. The maximum Gasteiger partial charge on any atom is 0.472 e. The molecule has 0 rings (SSSR count). The van der Waals surface area contributed by atoms with Crippen LogP contribution in [-0.2, 0) is 65.4 Å². The molecule has 19 heteroatoms. The molecular formula is C91H140O17P2. The number of aliphatic hydroxyl groups excluding tert-OH is 1. The van der Waals surface area contributed by atoms with E-state index in [9.17, 15) is 43.2 Å². The molecule has 0 heterocycles. The highest BCUT2D eigenvalue weighted by atomic mass is 31.2. The fraction of sp³-hybridized carbons (Fsp3) is 0.538. The molecule has 17 nitrogen and oxygen atoms in total. The first kappa shape index (κ1) is 103. The van der Waals surface area contributed by atoms with Crippen molar-refractivity contribution >= 4 is 39.5 Å². The second-order valence-corrected chi connectivity index (χ2v) is 28.7. The van der Waals surface area contributed by atoms with E-state index >= 15 is 0 Å². The highest BCUT2D eigenvalue weighted by Gasteiger charge is 2.30. The number of carbonyl (C=O) groups is 4. The third-order valence-corrected chi connectivity index (χ3v) is 17.5. The van der Waals surface area contributed by atoms with Crippen molar-refractivity contribution in [1.29, 1.82) is 0 Å². The van der Waals surface area contributed by atoms with Crippen molar-refractivity contribution in [2.24, 2.45) is 0 Å². The number of hydrogen-bond donors (Lipinski definition) is 3. The zero-order chi connectivity index (χ0) is 80.3. The summed E-state index contributed by atoms with van der Waals surface area (Å²) in [6.07, 6.45) is 103. The maximum atomic E-state index is 13.1. The second kappa shape index (κ2) is 80.2. The molecule has 0 aliphatic heterocycles. The van der Waals surface area contributed by atoms with Crippen LogP contribution in [0.4, 0.5) is 0 Å². The molecule has 0 saturated carbocycles. The van der Waals surface area contributed by atoms with Crippen LogP contribution in [0.3, 0.4) is 0 Å². The zero-order valence-electron chi connectivity index (χ0n) is 67.3. The predicted octanol–water partition coefficient (Wildman–Crippen LogP) is 24.2. The van der Waals surface area contributed by atoms with Gasteiger partial charge in [0.15, 0.2) is 12.2 Å². The lowest BCUT2D eigenvalue weighted by Crippen LogP contribution is -2.30. The lowest BCUT2D eigenvalue weighted by molar-refractivity contribution is -0.161. The zero-order valence-corrected chi connectivity index (χ0v) is 69.1. The Morgan fingerprint density at radius 1 is 0.255 bits per heavy atom. The minimum atomic E-state index is -5.03. The molecule has 0 saturated heterocycles. The second-order valence-electron chi connectivity index (χ2n) is 25.8. The number of rotatable bonds is 73. The number of hydrogen-bond acceptors (Lipinski definition) is 15. The van der Waals surface area contributed by atoms with E-state index in [1.165, 1.54) is 0 Å². The molecule has 0 aliphatic carbocycles. The first-order valence-corrected chi connectivity index (χ1v) is 43.6.